The molecule has 0 aliphatic heterocycles. The van der Waals surface area contributed by atoms with Gasteiger partial charge in [-0.15, -0.1) is 0 Å². The Hall–Kier alpha value is -0.260. The molecule has 3 atom stereocenters. The molecule has 3 aliphatic rings. The summed E-state index contributed by atoms with van der Waals surface area (Å²) in [7, 11) is 0. The lowest BCUT2D eigenvalue weighted by molar-refractivity contribution is 0.532. The van der Waals surface area contributed by atoms with Crippen molar-refractivity contribution in [2.45, 2.75) is 26.7 Å². The molecule has 2 fully saturated rings. The molecule has 11 heavy (non-hydrogen) atoms. The molecule has 0 spiro atoms. The van der Waals surface area contributed by atoms with Gasteiger partial charge in [-0.3, -0.25) is 0 Å². The van der Waals surface area contributed by atoms with Gasteiger partial charge in [-0.05, 0) is 42.4 Å². The number of fused-ring (bicyclic) bond motifs is 1. The Morgan fingerprint density at radius 2 is 2.09 bits per heavy atom. The maximum atomic E-state index is 2.58. The number of rotatable bonds is 2. The number of hydrogen-bond acceptors (Lipinski definition) is 0. The van der Waals surface area contributed by atoms with Crippen molar-refractivity contribution in [3.63, 3.8) is 0 Å². The SMILES string of the molecule is CC(C)C1C2C=C(C3CC3)C21. The van der Waals surface area contributed by atoms with Crippen molar-refractivity contribution in [3.8, 4) is 0 Å². The smallest absolute Gasteiger partial charge is 0.00977 e. The Morgan fingerprint density at radius 3 is 2.55 bits per heavy atom. The molecule has 3 rings (SSSR count). The average molecular weight is 148 g/mol. The summed E-state index contributed by atoms with van der Waals surface area (Å²) in [5.41, 5.74) is 1.86. The van der Waals surface area contributed by atoms with E-state index in [1.54, 1.807) is 0 Å². The summed E-state index contributed by atoms with van der Waals surface area (Å²) in [6, 6.07) is 0. The van der Waals surface area contributed by atoms with Gasteiger partial charge < -0.3 is 0 Å². The highest BCUT2D eigenvalue weighted by atomic mass is 14.6. The highest BCUT2D eigenvalue weighted by molar-refractivity contribution is 5.39. The molecule has 2 saturated carbocycles. The van der Waals surface area contributed by atoms with Gasteiger partial charge in [-0.25, -0.2) is 0 Å². The van der Waals surface area contributed by atoms with E-state index in [9.17, 15) is 0 Å². The van der Waals surface area contributed by atoms with E-state index in [4.69, 9.17) is 0 Å². The Bertz CT molecular complexity index is 220. The Morgan fingerprint density at radius 1 is 1.36 bits per heavy atom. The van der Waals surface area contributed by atoms with E-state index in [1.165, 1.54) is 12.8 Å². The van der Waals surface area contributed by atoms with E-state index < -0.39 is 0 Å². The molecule has 3 aliphatic carbocycles. The first-order chi connectivity index (χ1) is 5.29. The first-order valence-corrected chi connectivity index (χ1v) is 5.00. The van der Waals surface area contributed by atoms with E-state index in [1.807, 2.05) is 5.57 Å². The quantitative estimate of drug-likeness (QED) is 0.528. The Kier molecular flexibility index (Phi) is 0.987. The van der Waals surface area contributed by atoms with Crippen LogP contribution in [0.1, 0.15) is 26.7 Å². The van der Waals surface area contributed by atoms with Gasteiger partial charge in [0.15, 0.2) is 0 Å². The molecule has 0 heterocycles. The lowest BCUT2D eigenvalue weighted by Crippen LogP contribution is -2.00. The second-order valence-electron chi connectivity index (χ2n) is 4.87. The lowest BCUT2D eigenvalue weighted by Gasteiger charge is -2.11. The fraction of sp³-hybridized carbons (Fsp3) is 0.818. The van der Waals surface area contributed by atoms with E-state index in [0.29, 0.717) is 0 Å². The van der Waals surface area contributed by atoms with Crippen LogP contribution in [0.3, 0.4) is 0 Å². The summed E-state index contributed by atoms with van der Waals surface area (Å²) in [5.74, 6) is 5.15. The van der Waals surface area contributed by atoms with Gasteiger partial charge in [0.05, 0.1) is 0 Å². The maximum absolute atomic E-state index is 2.58. The van der Waals surface area contributed by atoms with Gasteiger partial charge in [-0.1, -0.05) is 25.5 Å². The number of allylic oxidation sites excluding steroid dienone is 2. The lowest BCUT2D eigenvalue weighted by atomic mass is 9.94. The number of hydrogen-bond donors (Lipinski definition) is 0. The molecule has 0 saturated heterocycles. The second kappa shape index (κ2) is 1.73. The fourth-order valence-electron chi connectivity index (χ4n) is 2.92. The van der Waals surface area contributed by atoms with Crippen LogP contribution in [-0.2, 0) is 0 Å². The van der Waals surface area contributed by atoms with Crippen molar-refractivity contribution in [2.75, 3.05) is 0 Å². The van der Waals surface area contributed by atoms with Crippen molar-refractivity contribution >= 4 is 0 Å². The molecule has 60 valence electrons. The van der Waals surface area contributed by atoms with Gasteiger partial charge in [0.25, 0.3) is 0 Å². The van der Waals surface area contributed by atoms with E-state index >= 15 is 0 Å². The van der Waals surface area contributed by atoms with Crippen molar-refractivity contribution in [3.05, 3.63) is 11.6 Å². The van der Waals surface area contributed by atoms with Gasteiger partial charge in [0.2, 0.25) is 0 Å². The molecule has 0 aromatic rings. The van der Waals surface area contributed by atoms with Crippen LogP contribution in [0.25, 0.3) is 0 Å². The zero-order chi connectivity index (χ0) is 7.59. The fourth-order valence-corrected chi connectivity index (χ4v) is 2.92. The first kappa shape index (κ1) is 6.28. The maximum Gasteiger partial charge on any atom is -0.00977 e. The molecule has 0 radical (unpaired) electrons. The van der Waals surface area contributed by atoms with Gasteiger partial charge in [0.1, 0.15) is 0 Å². The zero-order valence-corrected chi connectivity index (χ0v) is 7.38. The zero-order valence-electron chi connectivity index (χ0n) is 7.38. The van der Waals surface area contributed by atoms with Crippen LogP contribution in [0.5, 0.6) is 0 Å². The molecule has 0 aromatic carbocycles. The van der Waals surface area contributed by atoms with Crippen LogP contribution in [0.15, 0.2) is 11.6 Å². The third kappa shape index (κ3) is 0.706. The average Bonchev–Trinajstić information content (AvgIpc) is 2.72. The van der Waals surface area contributed by atoms with E-state index in [0.717, 1.165) is 29.6 Å². The summed E-state index contributed by atoms with van der Waals surface area (Å²) in [6.45, 7) is 4.75. The molecule has 0 N–H and O–H groups in total. The predicted octanol–water partition coefficient (Wildman–Crippen LogP) is 2.85. The molecule has 0 bridgehead atoms. The first-order valence-electron chi connectivity index (χ1n) is 5.00. The normalized spacial score (nSPS) is 46.5. The Labute approximate surface area is 68.7 Å². The highest BCUT2D eigenvalue weighted by Crippen LogP contribution is 2.67. The molecule has 0 aromatic heterocycles. The summed E-state index contributed by atoms with van der Waals surface area (Å²) in [5, 5.41) is 0. The molecule has 0 nitrogen and oxygen atoms in total. The minimum Gasteiger partial charge on any atom is -0.0807 e. The highest BCUT2D eigenvalue weighted by Gasteiger charge is 2.60. The van der Waals surface area contributed by atoms with Crippen LogP contribution < -0.4 is 0 Å². The van der Waals surface area contributed by atoms with Crippen molar-refractivity contribution in [1.82, 2.24) is 0 Å². The summed E-state index contributed by atoms with van der Waals surface area (Å²) in [6.07, 6.45) is 5.58. The van der Waals surface area contributed by atoms with Crippen LogP contribution in [0, 0.1) is 29.6 Å². The van der Waals surface area contributed by atoms with Gasteiger partial charge in [-0.2, -0.15) is 0 Å². The standard InChI is InChI=1S/C11H16/c1-6(2)10-9-5-8(11(9)10)7-3-4-7/h5-7,9-11H,3-4H2,1-2H3. The molecule has 0 heteroatoms. The predicted molar refractivity (Wildman–Crippen MR) is 46.1 cm³/mol. The molecular formula is C11H16. The topological polar surface area (TPSA) is 0 Å². The second-order valence-corrected chi connectivity index (χ2v) is 4.87. The minimum absolute atomic E-state index is 0.928. The third-order valence-electron chi connectivity index (χ3n) is 3.72. The van der Waals surface area contributed by atoms with Crippen molar-refractivity contribution < 1.29 is 0 Å². The van der Waals surface area contributed by atoms with Crippen LogP contribution in [-0.4, -0.2) is 0 Å². The van der Waals surface area contributed by atoms with Gasteiger partial charge in [0, 0.05) is 0 Å². The monoisotopic (exact) mass is 148 g/mol. The largest absolute Gasteiger partial charge is 0.0807 e. The van der Waals surface area contributed by atoms with Crippen molar-refractivity contribution in [1.29, 1.82) is 0 Å². The molecular weight excluding hydrogens is 132 g/mol. The minimum atomic E-state index is 0.928. The van der Waals surface area contributed by atoms with Crippen LogP contribution in [0.4, 0.5) is 0 Å². The molecule has 0 amide bonds. The third-order valence-corrected chi connectivity index (χ3v) is 3.72. The van der Waals surface area contributed by atoms with Gasteiger partial charge >= 0.3 is 0 Å². The summed E-state index contributed by atoms with van der Waals surface area (Å²) < 4.78 is 0. The van der Waals surface area contributed by atoms with Crippen LogP contribution in [0.2, 0.25) is 0 Å². The van der Waals surface area contributed by atoms with Crippen LogP contribution >= 0.6 is 0 Å². The molecule has 3 unspecified atom stereocenters. The van der Waals surface area contributed by atoms with Crippen molar-refractivity contribution in [2.24, 2.45) is 29.6 Å². The summed E-state index contributed by atoms with van der Waals surface area (Å²) >= 11 is 0. The Balaban J connectivity index is 1.70. The van der Waals surface area contributed by atoms with E-state index in [2.05, 4.69) is 19.9 Å². The summed E-state index contributed by atoms with van der Waals surface area (Å²) in [4.78, 5) is 0. The van der Waals surface area contributed by atoms with E-state index in [-0.39, 0.29) is 0 Å².